The Morgan fingerprint density at radius 3 is 1.36 bits per heavy atom. The summed E-state index contributed by atoms with van der Waals surface area (Å²) >= 11 is 0. The maximum Gasteiger partial charge on any atom is 0.308 e. The second-order valence-electron chi connectivity index (χ2n) is 6.41. The van der Waals surface area contributed by atoms with Crippen molar-refractivity contribution in [3.63, 3.8) is 0 Å². The van der Waals surface area contributed by atoms with Gasteiger partial charge >= 0.3 is 22.7 Å². The molecule has 0 bridgehead atoms. The molecule has 36 heavy (non-hydrogen) atoms. The van der Waals surface area contributed by atoms with Gasteiger partial charge < -0.3 is 5.32 Å². The summed E-state index contributed by atoms with van der Waals surface area (Å²) in [5, 5.41) is 76.7. The molecule has 0 atom stereocenters. The second-order valence-corrected chi connectivity index (χ2v) is 6.41. The van der Waals surface area contributed by atoms with Gasteiger partial charge in [0.25, 0.3) is 11.4 Å². The van der Waals surface area contributed by atoms with Gasteiger partial charge in [-0.25, -0.2) is 4.68 Å². The SMILES string of the molecule is O=[N+]([O-])c1cc([N+](=O)[O-])c(Nc2cn(-c3c([N+](=O)[O-])cc([N+](=O)[O-])cc3[N+](=O)[O-])nn2)c([N+](=O)[O-])c1. The summed E-state index contributed by atoms with van der Waals surface area (Å²) in [4.78, 5) is 60.8. The highest BCUT2D eigenvalue weighted by molar-refractivity contribution is 5.80. The summed E-state index contributed by atoms with van der Waals surface area (Å²) < 4.78 is 0.436. The summed E-state index contributed by atoms with van der Waals surface area (Å²) in [6.07, 6.45) is 0.704. The Morgan fingerprint density at radius 1 is 0.611 bits per heavy atom. The van der Waals surface area contributed by atoms with E-state index in [9.17, 15) is 60.7 Å². The van der Waals surface area contributed by atoms with Gasteiger partial charge in [-0.1, -0.05) is 5.21 Å². The maximum atomic E-state index is 11.4. The molecule has 1 aromatic heterocycles. The quantitative estimate of drug-likeness (QED) is 0.321. The molecule has 3 aromatic rings. The molecule has 0 spiro atoms. The smallest absolute Gasteiger partial charge is 0.308 e. The Hall–Kier alpha value is -6.22. The van der Waals surface area contributed by atoms with Crippen LogP contribution in [0, 0.1) is 60.7 Å². The van der Waals surface area contributed by atoms with E-state index >= 15 is 0 Å². The van der Waals surface area contributed by atoms with Crippen LogP contribution in [0.25, 0.3) is 5.69 Å². The number of anilines is 2. The average Bonchev–Trinajstić information content (AvgIpc) is 3.25. The van der Waals surface area contributed by atoms with Gasteiger partial charge in [0.1, 0.15) is 0 Å². The predicted octanol–water partition coefficient (Wildman–Crippen LogP) is 2.46. The number of benzene rings is 2. The van der Waals surface area contributed by atoms with Crippen LogP contribution in [0.15, 0.2) is 30.5 Å². The zero-order chi connectivity index (χ0) is 26.9. The van der Waals surface area contributed by atoms with Crippen molar-refractivity contribution in [3.05, 3.63) is 91.1 Å². The van der Waals surface area contributed by atoms with Gasteiger partial charge in [0.15, 0.2) is 11.5 Å². The third-order valence-electron chi connectivity index (χ3n) is 4.32. The first-order valence-corrected chi connectivity index (χ1v) is 8.74. The van der Waals surface area contributed by atoms with E-state index in [0.717, 1.165) is 0 Å². The van der Waals surface area contributed by atoms with Gasteiger partial charge in [-0.05, 0) is 0 Å². The Labute approximate surface area is 193 Å². The molecule has 22 heteroatoms. The molecule has 0 saturated heterocycles. The van der Waals surface area contributed by atoms with Crippen molar-refractivity contribution < 1.29 is 29.5 Å². The summed E-state index contributed by atoms with van der Waals surface area (Å²) in [7, 11) is 0. The molecule has 0 saturated carbocycles. The minimum atomic E-state index is -1.17. The highest BCUT2D eigenvalue weighted by Gasteiger charge is 2.34. The van der Waals surface area contributed by atoms with Crippen molar-refractivity contribution in [3.8, 4) is 5.69 Å². The number of nitro groups is 6. The van der Waals surface area contributed by atoms with Crippen LogP contribution in [0.5, 0.6) is 0 Å². The monoisotopic (exact) mass is 506 g/mol. The van der Waals surface area contributed by atoms with Crippen LogP contribution in [0.4, 0.5) is 45.6 Å². The number of rotatable bonds is 9. The first-order valence-electron chi connectivity index (χ1n) is 8.74. The van der Waals surface area contributed by atoms with E-state index in [4.69, 9.17) is 0 Å². The van der Waals surface area contributed by atoms with Crippen LogP contribution in [-0.4, -0.2) is 44.5 Å². The van der Waals surface area contributed by atoms with Crippen LogP contribution in [-0.2, 0) is 0 Å². The first kappa shape index (κ1) is 24.4. The van der Waals surface area contributed by atoms with E-state index in [1.165, 1.54) is 0 Å². The summed E-state index contributed by atoms with van der Waals surface area (Å²) in [5.41, 5.74) is -8.19. The first-order chi connectivity index (χ1) is 16.8. The Balaban J connectivity index is 2.20. The third kappa shape index (κ3) is 4.47. The van der Waals surface area contributed by atoms with Gasteiger partial charge in [-0.2, -0.15) is 0 Å². The standard InChI is InChI=1S/C14H6N10O12/c25-19(26)6-1-8(21(29)30)13(9(2-6)22(31)32)15-12-5-18(17-16-12)14-10(23(33)34)3-7(20(27)28)4-11(14)24(35)36/h1-5,15H. The molecule has 0 amide bonds. The molecular formula is C14H6N10O12. The Morgan fingerprint density at radius 2 is 1.00 bits per heavy atom. The third-order valence-corrected chi connectivity index (χ3v) is 4.32. The lowest BCUT2D eigenvalue weighted by Crippen LogP contribution is -2.06. The molecule has 1 N–H and O–H groups in total. The normalized spacial score (nSPS) is 10.4. The number of hydrogen-bond acceptors (Lipinski definition) is 15. The number of aromatic nitrogens is 3. The molecule has 0 radical (unpaired) electrons. The second kappa shape index (κ2) is 8.96. The molecule has 22 nitrogen and oxygen atoms in total. The zero-order valence-corrected chi connectivity index (χ0v) is 16.8. The van der Waals surface area contributed by atoms with Crippen LogP contribution >= 0.6 is 0 Å². The molecule has 0 aliphatic heterocycles. The van der Waals surface area contributed by atoms with Gasteiger partial charge in [-0.3, -0.25) is 60.7 Å². The van der Waals surface area contributed by atoms with Gasteiger partial charge in [-0.15, -0.1) is 5.10 Å². The molecule has 1 heterocycles. The number of non-ortho nitro benzene ring substituents is 2. The Bertz CT molecular complexity index is 1430. The van der Waals surface area contributed by atoms with E-state index in [1.807, 2.05) is 0 Å². The fourth-order valence-corrected chi connectivity index (χ4v) is 2.89. The summed E-state index contributed by atoms with van der Waals surface area (Å²) in [6.45, 7) is 0. The van der Waals surface area contributed by atoms with Gasteiger partial charge in [0.2, 0.25) is 5.69 Å². The largest absolute Gasteiger partial charge is 0.326 e. The van der Waals surface area contributed by atoms with Crippen molar-refractivity contribution in [1.29, 1.82) is 0 Å². The van der Waals surface area contributed by atoms with Crippen molar-refractivity contribution in [2.75, 3.05) is 5.32 Å². The lowest BCUT2D eigenvalue weighted by molar-refractivity contribution is -0.403. The minimum absolute atomic E-state index is 0.420. The molecule has 0 unspecified atom stereocenters. The van der Waals surface area contributed by atoms with Crippen molar-refractivity contribution in [2.24, 2.45) is 0 Å². The van der Waals surface area contributed by atoms with E-state index in [1.54, 1.807) is 0 Å². The van der Waals surface area contributed by atoms with Crippen molar-refractivity contribution in [1.82, 2.24) is 15.0 Å². The number of nitrogens with one attached hydrogen (secondary N) is 1. The topological polar surface area (TPSA) is 302 Å². The molecule has 0 fully saturated rings. The van der Waals surface area contributed by atoms with Crippen LogP contribution < -0.4 is 5.32 Å². The highest BCUT2D eigenvalue weighted by atomic mass is 16.6. The van der Waals surface area contributed by atoms with Crippen molar-refractivity contribution >= 4 is 45.6 Å². The molecule has 0 aliphatic carbocycles. The van der Waals surface area contributed by atoms with Crippen LogP contribution in [0.3, 0.4) is 0 Å². The lowest BCUT2D eigenvalue weighted by atomic mass is 10.2. The molecular weight excluding hydrogens is 500 g/mol. The van der Waals surface area contributed by atoms with E-state index in [-0.39, 0.29) is 0 Å². The minimum Gasteiger partial charge on any atom is -0.326 e. The van der Waals surface area contributed by atoms with Crippen molar-refractivity contribution in [2.45, 2.75) is 0 Å². The fourth-order valence-electron chi connectivity index (χ4n) is 2.89. The highest BCUT2D eigenvalue weighted by Crippen LogP contribution is 2.40. The molecule has 0 aliphatic rings. The summed E-state index contributed by atoms with van der Waals surface area (Å²) in [6, 6.07) is 1.68. The van der Waals surface area contributed by atoms with Crippen LogP contribution in [0.1, 0.15) is 0 Å². The van der Waals surface area contributed by atoms with Crippen LogP contribution in [0.2, 0.25) is 0 Å². The number of hydrogen-bond donors (Lipinski definition) is 1. The number of nitro benzene ring substituents is 6. The molecule has 3 rings (SSSR count). The summed E-state index contributed by atoms with van der Waals surface area (Å²) in [5.74, 6) is -0.572. The van der Waals surface area contributed by atoms with E-state index in [0.29, 0.717) is 35.1 Å². The van der Waals surface area contributed by atoms with E-state index in [2.05, 4.69) is 15.6 Å². The predicted molar refractivity (Wildman–Crippen MR) is 111 cm³/mol. The Kier molecular flexibility index (Phi) is 6.08. The zero-order valence-electron chi connectivity index (χ0n) is 16.8. The molecule has 184 valence electrons. The molecule has 2 aromatic carbocycles. The maximum absolute atomic E-state index is 11.4. The lowest BCUT2D eigenvalue weighted by Gasteiger charge is -2.05. The number of nitrogens with zero attached hydrogens (tertiary/aromatic N) is 9. The van der Waals surface area contributed by atoms with Gasteiger partial charge in [0, 0.05) is 0 Å². The van der Waals surface area contributed by atoms with E-state index < -0.39 is 80.9 Å². The van der Waals surface area contributed by atoms with Gasteiger partial charge in [0.05, 0.1) is 60.0 Å². The fraction of sp³-hybridized carbons (Fsp3) is 0. The average molecular weight is 506 g/mol.